The maximum absolute atomic E-state index is 13.5. The summed E-state index contributed by atoms with van der Waals surface area (Å²) in [5, 5.41) is 2.88. The van der Waals surface area contributed by atoms with Crippen LogP contribution in [-0.4, -0.2) is 48.3 Å². The number of fused-ring (bicyclic) bond motifs is 1. The number of hydrogen-bond donors (Lipinski definition) is 2. The molecule has 5 rings (SSSR count). The van der Waals surface area contributed by atoms with Crippen molar-refractivity contribution in [3.05, 3.63) is 78.4 Å². The molecule has 2 N–H and O–H groups in total. The van der Waals surface area contributed by atoms with Gasteiger partial charge in [-0.05, 0) is 48.7 Å². The molecule has 1 atom stereocenters. The predicted molar refractivity (Wildman–Crippen MR) is 133 cm³/mol. The average molecular weight is 491 g/mol. The summed E-state index contributed by atoms with van der Waals surface area (Å²) in [6.07, 6.45) is 1.11. The van der Waals surface area contributed by atoms with E-state index in [1.165, 1.54) is 4.31 Å². The number of nitrogens with zero attached hydrogens (tertiary/aromatic N) is 2. The number of ether oxygens (including phenoxy) is 1. The van der Waals surface area contributed by atoms with Crippen LogP contribution >= 0.6 is 0 Å². The number of benzene rings is 3. The molecule has 1 amide bonds. The maximum Gasteiger partial charge on any atom is 0.243 e. The lowest BCUT2D eigenvalue weighted by atomic mass is 10.2. The van der Waals surface area contributed by atoms with Crippen molar-refractivity contribution in [2.75, 3.05) is 13.7 Å². The lowest BCUT2D eigenvalue weighted by Crippen LogP contribution is -2.45. The summed E-state index contributed by atoms with van der Waals surface area (Å²) >= 11 is 0. The molecule has 4 aromatic rings. The van der Waals surface area contributed by atoms with Crippen molar-refractivity contribution < 1.29 is 17.9 Å². The van der Waals surface area contributed by atoms with Gasteiger partial charge in [0.05, 0.1) is 23.0 Å². The Morgan fingerprint density at radius 1 is 1.11 bits per heavy atom. The third-order valence-corrected chi connectivity index (χ3v) is 8.14. The molecule has 1 saturated heterocycles. The Morgan fingerprint density at radius 3 is 2.63 bits per heavy atom. The topological polar surface area (TPSA) is 104 Å². The highest BCUT2D eigenvalue weighted by Gasteiger charge is 2.39. The molecule has 1 fully saturated rings. The van der Waals surface area contributed by atoms with E-state index in [1.807, 2.05) is 54.6 Å². The second-order valence-electron chi connectivity index (χ2n) is 8.47. The molecule has 1 aliphatic rings. The molecule has 0 spiro atoms. The smallest absolute Gasteiger partial charge is 0.243 e. The van der Waals surface area contributed by atoms with Gasteiger partial charge >= 0.3 is 0 Å². The van der Waals surface area contributed by atoms with Gasteiger partial charge < -0.3 is 15.0 Å². The molecule has 1 aliphatic heterocycles. The first-order chi connectivity index (χ1) is 17.0. The molecular formula is C26H26N4O4S. The number of methoxy groups -OCH3 is 1. The van der Waals surface area contributed by atoms with Crippen molar-refractivity contribution in [3.63, 3.8) is 0 Å². The van der Waals surface area contributed by atoms with Crippen molar-refractivity contribution in [1.82, 2.24) is 19.6 Å². The Balaban J connectivity index is 1.34. The fourth-order valence-corrected chi connectivity index (χ4v) is 6.04. The normalized spacial score (nSPS) is 16.4. The fraction of sp³-hybridized carbons (Fsp3) is 0.231. The quantitative estimate of drug-likeness (QED) is 0.411. The SMILES string of the molecule is COc1ccc(CNC(=O)C2CCCN2S(=O)(=O)c2ccc3nc(-c4ccccc4)[nH]c3c2)cc1. The first kappa shape index (κ1) is 23.1. The van der Waals surface area contributed by atoms with E-state index in [-0.39, 0.29) is 10.8 Å². The Kier molecular flexibility index (Phi) is 6.27. The van der Waals surface area contributed by atoms with E-state index in [2.05, 4.69) is 15.3 Å². The van der Waals surface area contributed by atoms with Gasteiger partial charge in [0.25, 0.3) is 0 Å². The number of hydrogen-bond acceptors (Lipinski definition) is 5. The molecule has 0 aliphatic carbocycles. The largest absolute Gasteiger partial charge is 0.497 e. The first-order valence-corrected chi connectivity index (χ1v) is 12.9. The van der Waals surface area contributed by atoms with Gasteiger partial charge in [-0.15, -0.1) is 0 Å². The standard InChI is InChI=1S/C26H26N4O4S/c1-34-20-11-9-18(10-12-20)17-27-26(31)24-8-5-15-30(24)35(32,33)21-13-14-22-23(16-21)29-25(28-22)19-6-3-2-4-7-19/h2-4,6-7,9-14,16,24H,5,8,15,17H2,1H3,(H,27,31)(H,28,29). The summed E-state index contributed by atoms with van der Waals surface area (Å²) in [5.74, 6) is 1.11. The highest BCUT2D eigenvalue weighted by atomic mass is 32.2. The fourth-order valence-electron chi connectivity index (χ4n) is 4.36. The van der Waals surface area contributed by atoms with Crippen LogP contribution in [0.5, 0.6) is 5.75 Å². The van der Waals surface area contributed by atoms with Gasteiger partial charge in [-0.3, -0.25) is 4.79 Å². The molecule has 8 nitrogen and oxygen atoms in total. The molecule has 2 heterocycles. The minimum atomic E-state index is -3.86. The number of imidazole rings is 1. The number of nitrogens with one attached hydrogen (secondary N) is 2. The van der Waals surface area contributed by atoms with E-state index in [9.17, 15) is 13.2 Å². The lowest BCUT2D eigenvalue weighted by Gasteiger charge is -2.23. The Morgan fingerprint density at radius 2 is 1.89 bits per heavy atom. The zero-order chi connectivity index (χ0) is 24.4. The van der Waals surface area contributed by atoms with Gasteiger partial charge in [0.15, 0.2) is 0 Å². The van der Waals surface area contributed by atoms with E-state index >= 15 is 0 Å². The van der Waals surface area contributed by atoms with Crippen LogP contribution in [0.25, 0.3) is 22.4 Å². The van der Waals surface area contributed by atoms with Gasteiger partial charge in [0.1, 0.15) is 17.6 Å². The van der Waals surface area contributed by atoms with Crippen LogP contribution in [0.1, 0.15) is 18.4 Å². The van der Waals surface area contributed by atoms with Crippen molar-refractivity contribution in [2.45, 2.75) is 30.3 Å². The lowest BCUT2D eigenvalue weighted by molar-refractivity contribution is -0.124. The number of carbonyl (C=O) groups is 1. The Bertz CT molecular complexity index is 1450. The molecule has 0 radical (unpaired) electrons. The van der Waals surface area contributed by atoms with E-state index in [0.717, 1.165) is 16.9 Å². The number of H-pyrrole nitrogens is 1. The summed E-state index contributed by atoms with van der Waals surface area (Å²) in [5.41, 5.74) is 3.13. The third kappa shape index (κ3) is 4.65. The van der Waals surface area contributed by atoms with Crippen LogP contribution in [0.4, 0.5) is 0 Å². The number of amides is 1. The number of sulfonamides is 1. The van der Waals surface area contributed by atoms with Gasteiger partial charge in [-0.2, -0.15) is 4.31 Å². The van der Waals surface area contributed by atoms with Crippen molar-refractivity contribution in [1.29, 1.82) is 0 Å². The van der Waals surface area contributed by atoms with Crippen LogP contribution in [0.3, 0.4) is 0 Å². The van der Waals surface area contributed by atoms with Crippen molar-refractivity contribution in [3.8, 4) is 17.1 Å². The molecule has 0 bridgehead atoms. The average Bonchev–Trinajstić information content (AvgIpc) is 3.56. The van der Waals surface area contributed by atoms with E-state index in [1.54, 1.807) is 25.3 Å². The van der Waals surface area contributed by atoms with Crippen LogP contribution in [0, 0.1) is 0 Å². The zero-order valence-corrected chi connectivity index (χ0v) is 20.1. The molecular weight excluding hydrogens is 464 g/mol. The number of aromatic amines is 1. The minimum Gasteiger partial charge on any atom is -0.497 e. The van der Waals surface area contributed by atoms with Crippen molar-refractivity contribution >= 4 is 27.0 Å². The van der Waals surface area contributed by atoms with Crippen LogP contribution in [0.2, 0.25) is 0 Å². The predicted octanol–water partition coefficient (Wildman–Crippen LogP) is 3.71. The highest BCUT2D eigenvalue weighted by Crippen LogP contribution is 2.29. The number of aromatic nitrogens is 2. The molecule has 0 saturated carbocycles. The summed E-state index contributed by atoms with van der Waals surface area (Å²) in [6.45, 7) is 0.620. The first-order valence-electron chi connectivity index (χ1n) is 11.4. The molecule has 180 valence electrons. The number of rotatable bonds is 7. The van der Waals surface area contributed by atoms with Crippen LogP contribution < -0.4 is 10.1 Å². The van der Waals surface area contributed by atoms with E-state index < -0.39 is 16.1 Å². The highest BCUT2D eigenvalue weighted by molar-refractivity contribution is 7.89. The summed E-state index contributed by atoms with van der Waals surface area (Å²) in [7, 11) is -2.27. The molecule has 3 aromatic carbocycles. The summed E-state index contributed by atoms with van der Waals surface area (Å²) < 4.78 is 33.5. The monoisotopic (exact) mass is 490 g/mol. The van der Waals surface area contributed by atoms with Gasteiger partial charge in [-0.1, -0.05) is 42.5 Å². The molecule has 9 heteroatoms. The Labute approximate surface area is 204 Å². The summed E-state index contributed by atoms with van der Waals surface area (Å²) in [6, 6.07) is 21.1. The Hall–Kier alpha value is -3.69. The van der Waals surface area contributed by atoms with E-state index in [4.69, 9.17) is 4.74 Å². The van der Waals surface area contributed by atoms with E-state index in [0.29, 0.717) is 42.8 Å². The zero-order valence-electron chi connectivity index (χ0n) is 19.3. The molecule has 35 heavy (non-hydrogen) atoms. The number of carbonyl (C=O) groups excluding carboxylic acids is 1. The van der Waals surface area contributed by atoms with Gasteiger partial charge in [0.2, 0.25) is 15.9 Å². The summed E-state index contributed by atoms with van der Waals surface area (Å²) in [4.78, 5) is 20.9. The van der Waals surface area contributed by atoms with Crippen molar-refractivity contribution in [2.24, 2.45) is 0 Å². The minimum absolute atomic E-state index is 0.142. The van der Waals surface area contributed by atoms with Gasteiger partial charge in [0, 0.05) is 18.7 Å². The van der Waals surface area contributed by atoms with Crippen LogP contribution in [0.15, 0.2) is 77.7 Å². The molecule has 1 unspecified atom stereocenters. The van der Waals surface area contributed by atoms with Gasteiger partial charge in [-0.25, -0.2) is 13.4 Å². The second-order valence-corrected chi connectivity index (χ2v) is 10.4. The van der Waals surface area contributed by atoms with Crippen LogP contribution in [-0.2, 0) is 21.4 Å². The second kappa shape index (κ2) is 9.52. The molecule has 1 aromatic heterocycles. The maximum atomic E-state index is 13.5. The third-order valence-electron chi connectivity index (χ3n) is 6.24.